The van der Waals surface area contributed by atoms with Crippen LogP contribution in [0.1, 0.15) is 25.3 Å². The minimum Gasteiger partial charge on any atom is -0.377 e. The molecule has 0 unspecified atom stereocenters. The summed E-state index contributed by atoms with van der Waals surface area (Å²) < 4.78 is 25.7. The molecule has 1 aromatic rings. The van der Waals surface area contributed by atoms with Crippen LogP contribution in [0.2, 0.25) is 0 Å². The molecule has 0 aliphatic rings. The van der Waals surface area contributed by atoms with Gasteiger partial charge < -0.3 is 4.90 Å². The van der Waals surface area contributed by atoms with Gasteiger partial charge in [0.25, 0.3) is 0 Å². The third kappa shape index (κ3) is 5.64. The monoisotopic (exact) mass is 294 g/mol. The van der Waals surface area contributed by atoms with E-state index in [2.05, 4.69) is 16.6 Å². The molecule has 0 spiro atoms. The Kier molecular flexibility index (Phi) is 6.56. The van der Waals surface area contributed by atoms with Crippen LogP contribution in [0.25, 0.3) is 0 Å². The van der Waals surface area contributed by atoms with E-state index in [1.165, 1.54) is 0 Å². The van der Waals surface area contributed by atoms with Crippen LogP contribution in [0, 0.1) is 11.8 Å². The summed E-state index contributed by atoms with van der Waals surface area (Å²) in [5, 5.41) is 0. The highest BCUT2D eigenvalue weighted by Crippen LogP contribution is 2.16. The lowest BCUT2D eigenvalue weighted by atomic mass is 10.1. The zero-order valence-electron chi connectivity index (χ0n) is 12.3. The Labute approximate surface area is 122 Å². The molecule has 0 fully saturated rings. The van der Waals surface area contributed by atoms with Gasteiger partial charge in [-0.25, -0.2) is 13.1 Å². The lowest BCUT2D eigenvalue weighted by Gasteiger charge is -2.13. The molecule has 0 saturated carbocycles. The van der Waals surface area contributed by atoms with E-state index in [0.717, 1.165) is 17.7 Å². The summed E-state index contributed by atoms with van der Waals surface area (Å²) in [6.07, 6.45) is 1.54. The van der Waals surface area contributed by atoms with Crippen molar-refractivity contribution in [1.82, 2.24) is 4.72 Å². The molecular formula is C15H22N2O2S. The molecule has 20 heavy (non-hydrogen) atoms. The van der Waals surface area contributed by atoms with E-state index in [4.69, 9.17) is 0 Å². The minimum absolute atomic E-state index is 0.147. The molecule has 1 aromatic carbocycles. The molecule has 0 bridgehead atoms. The maximum atomic E-state index is 11.6. The van der Waals surface area contributed by atoms with Crippen molar-refractivity contribution in [3.05, 3.63) is 29.8 Å². The molecular weight excluding hydrogens is 272 g/mol. The number of nitrogens with one attached hydrogen (secondary N) is 1. The van der Waals surface area contributed by atoms with Crippen molar-refractivity contribution in [3.8, 4) is 11.8 Å². The van der Waals surface area contributed by atoms with Gasteiger partial charge in [-0.05, 0) is 18.6 Å². The molecule has 0 amide bonds. The lowest BCUT2D eigenvalue weighted by molar-refractivity contribution is 0.582. The van der Waals surface area contributed by atoms with Crippen molar-refractivity contribution in [3.63, 3.8) is 0 Å². The van der Waals surface area contributed by atoms with Crippen molar-refractivity contribution in [2.75, 3.05) is 31.3 Å². The summed E-state index contributed by atoms with van der Waals surface area (Å²) >= 11 is 0. The second-order valence-electron chi connectivity index (χ2n) is 4.71. The number of hydrogen-bond acceptors (Lipinski definition) is 3. The van der Waals surface area contributed by atoms with Gasteiger partial charge in [0.1, 0.15) is 0 Å². The standard InChI is InChI=1S/C15H22N2O2S/c1-4-5-13-20(18,19)16-12-8-10-14-9-6-7-11-15(14)17(2)3/h6-7,9,11,16H,4-5,12-13H2,1-3H3. The van der Waals surface area contributed by atoms with E-state index in [0.29, 0.717) is 6.42 Å². The fourth-order valence-electron chi connectivity index (χ4n) is 1.66. The first-order valence-corrected chi connectivity index (χ1v) is 8.34. The molecule has 110 valence electrons. The van der Waals surface area contributed by atoms with Crippen molar-refractivity contribution in [2.45, 2.75) is 19.8 Å². The Balaban J connectivity index is 2.64. The summed E-state index contributed by atoms with van der Waals surface area (Å²) in [7, 11) is 0.717. The largest absolute Gasteiger partial charge is 0.377 e. The zero-order valence-corrected chi connectivity index (χ0v) is 13.1. The first-order valence-electron chi connectivity index (χ1n) is 6.69. The van der Waals surface area contributed by atoms with Gasteiger partial charge in [0, 0.05) is 19.7 Å². The summed E-state index contributed by atoms with van der Waals surface area (Å²) in [5.74, 6) is 6.03. The summed E-state index contributed by atoms with van der Waals surface area (Å²) in [6, 6.07) is 7.78. The number of anilines is 1. The first kappa shape index (κ1) is 16.5. The predicted molar refractivity (Wildman–Crippen MR) is 84.3 cm³/mol. The summed E-state index contributed by atoms with van der Waals surface area (Å²) in [6.45, 7) is 2.11. The molecule has 1 N–H and O–H groups in total. The predicted octanol–water partition coefficient (Wildman–Crippen LogP) is 1.82. The third-order valence-electron chi connectivity index (χ3n) is 2.76. The number of sulfonamides is 1. The zero-order chi connectivity index (χ0) is 15.0. The van der Waals surface area contributed by atoms with Crippen LogP contribution in [-0.4, -0.2) is 34.8 Å². The molecule has 4 nitrogen and oxygen atoms in total. The normalized spacial score (nSPS) is 10.8. The number of rotatable bonds is 6. The molecule has 5 heteroatoms. The highest BCUT2D eigenvalue weighted by Gasteiger charge is 2.06. The van der Waals surface area contributed by atoms with Crippen molar-refractivity contribution in [2.24, 2.45) is 0 Å². The smallest absolute Gasteiger partial charge is 0.212 e. The Bertz CT molecular complexity index is 583. The highest BCUT2D eigenvalue weighted by molar-refractivity contribution is 7.89. The van der Waals surface area contributed by atoms with E-state index < -0.39 is 10.0 Å². The molecule has 0 aromatic heterocycles. The second kappa shape index (κ2) is 7.93. The van der Waals surface area contributed by atoms with Crippen molar-refractivity contribution < 1.29 is 8.42 Å². The van der Waals surface area contributed by atoms with E-state index in [9.17, 15) is 8.42 Å². The SMILES string of the molecule is CCCCS(=O)(=O)NCC#Cc1ccccc1N(C)C. The third-order valence-corrected chi connectivity index (χ3v) is 4.17. The van der Waals surface area contributed by atoms with Gasteiger partial charge in [-0.15, -0.1) is 0 Å². The van der Waals surface area contributed by atoms with Crippen LogP contribution in [-0.2, 0) is 10.0 Å². The molecule has 1 rings (SSSR count). The van der Waals surface area contributed by atoms with Gasteiger partial charge in [-0.1, -0.05) is 37.3 Å². The van der Waals surface area contributed by atoms with Gasteiger partial charge >= 0.3 is 0 Å². The maximum absolute atomic E-state index is 11.6. The second-order valence-corrected chi connectivity index (χ2v) is 6.63. The van der Waals surface area contributed by atoms with Gasteiger partial charge in [-0.3, -0.25) is 0 Å². The fourth-order valence-corrected chi connectivity index (χ4v) is 2.77. The number of benzene rings is 1. The molecule has 0 aliphatic heterocycles. The first-order chi connectivity index (χ1) is 9.46. The molecule has 0 atom stereocenters. The number of para-hydroxylation sites is 1. The molecule has 0 heterocycles. The molecule has 0 aliphatic carbocycles. The molecule has 0 saturated heterocycles. The van der Waals surface area contributed by atoms with Crippen LogP contribution in [0.3, 0.4) is 0 Å². The van der Waals surface area contributed by atoms with Crippen LogP contribution in [0.4, 0.5) is 5.69 Å². The Morgan fingerprint density at radius 2 is 1.95 bits per heavy atom. The Hall–Kier alpha value is -1.51. The topological polar surface area (TPSA) is 49.4 Å². The van der Waals surface area contributed by atoms with Crippen LogP contribution in [0.5, 0.6) is 0 Å². The van der Waals surface area contributed by atoms with E-state index >= 15 is 0 Å². The number of nitrogens with zero attached hydrogens (tertiary/aromatic N) is 1. The van der Waals surface area contributed by atoms with Crippen molar-refractivity contribution in [1.29, 1.82) is 0 Å². The number of hydrogen-bond donors (Lipinski definition) is 1. The fraction of sp³-hybridized carbons (Fsp3) is 0.467. The average Bonchev–Trinajstić information content (AvgIpc) is 2.42. The lowest BCUT2D eigenvalue weighted by Crippen LogP contribution is -2.26. The van der Waals surface area contributed by atoms with E-state index in [1.807, 2.05) is 50.2 Å². The quantitative estimate of drug-likeness (QED) is 0.814. The number of unbranched alkanes of at least 4 members (excludes halogenated alkanes) is 1. The van der Waals surface area contributed by atoms with Crippen LogP contribution in [0.15, 0.2) is 24.3 Å². The van der Waals surface area contributed by atoms with Crippen molar-refractivity contribution >= 4 is 15.7 Å². The minimum atomic E-state index is -3.19. The maximum Gasteiger partial charge on any atom is 0.212 e. The molecule has 0 radical (unpaired) electrons. The van der Waals surface area contributed by atoms with Crippen LogP contribution >= 0.6 is 0 Å². The Morgan fingerprint density at radius 3 is 2.60 bits per heavy atom. The van der Waals surface area contributed by atoms with Gasteiger partial charge in [-0.2, -0.15) is 0 Å². The van der Waals surface area contributed by atoms with Crippen LogP contribution < -0.4 is 9.62 Å². The summed E-state index contributed by atoms with van der Waals surface area (Å²) in [4.78, 5) is 1.98. The van der Waals surface area contributed by atoms with E-state index in [-0.39, 0.29) is 12.3 Å². The van der Waals surface area contributed by atoms with Gasteiger partial charge in [0.2, 0.25) is 10.0 Å². The van der Waals surface area contributed by atoms with Gasteiger partial charge in [0.15, 0.2) is 0 Å². The van der Waals surface area contributed by atoms with E-state index in [1.54, 1.807) is 0 Å². The Morgan fingerprint density at radius 1 is 1.25 bits per heavy atom. The highest BCUT2D eigenvalue weighted by atomic mass is 32.2. The average molecular weight is 294 g/mol. The van der Waals surface area contributed by atoms with Gasteiger partial charge in [0.05, 0.1) is 18.0 Å². The summed E-state index contributed by atoms with van der Waals surface area (Å²) in [5.41, 5.74) is 1.92.